The highest BCUT2D eigenvalue weighted by atomic mass is 32.2. The molecule has 0 heterocycles. The second-order valence-electron chi connectivity index (χ2n) is 6.11. The Labute approximate surface area is 139 Å². The van der Waals surface area contributed by atoms with Crippen LogP contribution in [0.15, 0.2) is 29.2 Å². The van der Waals surface area contributed by atoms with Crippen LogP contribution in [0.2, 0.25) is 0 Å². The molecule has 2 aromatic rings. The molecule has 0 bridgehead atoms. The molecule has 0 fully saturated rings. The van der Waals surface area contributed by atoms with Crippen LogP contribution >= 0.6 is 0 Å². The van der Waals surface area contributed by atoms with Crippen LogP contribution in [0.1, 0.15) is 40.3 Å². The standard InChI is InChI=1S/C19H25NO2S/c1-7-17-9-8-10-18(11-17)20-23(21,22)19-15(5)13(3)12(2)14(4)16(19)6/h8-11,20H,7H2,1-6H3. The molecule has 2 rings (SSSR count). The summed E-state index contributed by atoms with van der Waals surface area (Å²) in [7, 11) is -3.61. The van der Waals surface area contributed by atoms with Crippen LogP contribution in [-0.2, 0) is 16.4 Å². The molecule has 23 heavy (non-hydrogen) atoms. The molecule has 0 spiro atoms. The third-order valence-corrected chi connectivity index (χ3v) is 6.44. The highest BCUT2D eigenvalue weighted by Crippen LogP contribution is 2.30. The molecule has 0 aliphatic carbocycles. The molecular weight excluding hydrogens is 306 g/mol. The highest BCUT2D eigenvalue weighted by Gasteiger charge is 2.23. The zero-order valence-corrected chi connectivity index (χ0v) is 15.6. The Morgan fingerprint density at radius 3 is 1.91 bits per heavy atom. The van der Waals surface area contributed by atoms with E-state index in [1.165, 1.54) is 0 Å². The van der Waals surface area contributed by atoms with Gasteiger partial charge in [-0.05, 0) is 86.6 Å². The molecule has 2 aromatic carbocycles. The van der Waals surface area contributed by atoms with Crippen LogP contribution in [0.25, 0.3) is 0 Å². The van der Waals surface area contributed by atoms with Crippen LogP contribution < -0.4 is 4.72 Å². The minimum atomic E-state index is -3.61. The van der Waals surface area contributed by atoms with Gasteiger partial charge in [-0.2, -0.15) is 0 Å². The van der Waals surface area contributed by atoms with Gasteiger partial charge in [-0.1, -0.05) is 19.1 Å². The van der Waals surface area contributed by atoms with E-state index in [1.807, 2.05) is 52.8 Å². The first kappa shape index (κ1) is 17.5. The van der Waals surface area contributed by atoms with Crippen LogP contribution in [0.4, 0.5) is 5.69 Å². The number of nitrogens with one attached hydrogen (secondary N) is 1. The fraction of sp³-hybridized carbons (Fsp3) is 0.368. The van der Waals surface area contributed by atoms with Gasteiger partial charge >= 0.3 is 0 Å². The first-order chi connectivity index (χ1) is 10.7. The lowest BCUT2D eigenvalue weighted by Crippen LogP contribution is -2.17. The second kappa shape index (κ2) is 6.36. The van der Waals surface area contributed by atoms with E-state index in [-0.39, 0.29) is 0 Å². The largest absolute Gasteiger partial charge is 0.280 e. The van der Waals surface area contributed by atoms with Crippen molar-refractivity contribution in [1.29, 1.82) is 0 Å². The van der Waals surface area contributed by atoms with Crippen LogP contribution in [0.3, 0.4) is 0 Å². The predicted octanol–water partition coefficient (Wildman–Crippen LogP) is 4.59. The van der Waals surface area contributed by atoms with Crippen LogP contribution in [0.5, 0.6) is 0 Å². The number of sulfonamides is 1. The molecule has 0 aliphatic rings. The summed E-state index contributed by atoms with van der Waals surface area (Å²) in [5.74, 6) is 0. The van der Waals surface area contributed by atoms with E-state index in [0.717, 1.165) is 39.8 Å². The summed E-state index contributed by atoms with van der Waals surface area (Å²) in [5, 5.41) is 0. The van der Waals surface area contributed by atoms with Crippen LogP contribution in [-0.4, -0.2) is 8.42 Å². The SMILES string of the molecule is CCc1cccc(NS(=O)(=O)c2c(C)c(C)c(C)c(C)c2C)c1. The molecular formula is C19H25NO2S. The maximum absolute atomic E-state index is 12.9. The third-order valence-electron chi connectivity index (χ3n) is 4.79. The maximum Gasteiger partial charge on any atom is 0.262 e. The summed E-state index contributed by atoms with van der Waals surface area (Å²) >= 11 is 0. The van der Waals surface area contributed by atoms with Crippen molar-refractivity contribution in [2.75, 3.05) is 4.72 Å². The van der Waals surface area contributed by atoms with Gasteiger partial charge in [0.05, 0.1) is 4.90 Å². The van der Waals surface area contributed by atoms with E-state index in [2.05, 4.69) is 11.6 Å². The topological polar surface area (TPSA) is 46.2 Å². The summed E-state index contributed by atoms with van der Waals surface area (Å²) in [6, 6.07) is 7.54. The van der Waals surface area contributed by atoms with E-state index < -0.39 is 10.0 Å². The van der Waals surface area contributed by atoms with Gasteiger partial charge in [0, 0.05) is 5.69 Å². The molecule has 0 radical (unpaired) electrons. The first-order valence-electron chi connectivity index (χ1n) is 7.87. The normalized spacial score (nSPS) is 11.6. The Morgan fingerprint density at radius 2 is 1.39 bits per heavy atom. The summed E-state index contributed by atoms with van der Waals surface area (Å²) < 4.78 is 28.6. The fourth-order valence-electron chi connectivity index (χ4n) is 2.93. The summed E-state index contributed by atoms with van der Waals surface area (Å²) in [6.07, 6.45) is 0.871. The Kier molecular flexibility index (Phi) is 4.85. The number of aryl methyl sites for hydroxylation is 1. The Bertz CT molecular complexity index is 823. The fourth-order valence-corrected chi connectivity index (χ4v) is 4.58. The molecule has 1 N–H and O–H groups in total. The van der Waals surface area contributed by atoms with Gasteiger partial charge in [0.1, 0.15) is 0 Å². The number of hydrogen-bond acceptors (Lipinski definition) is 2. The zero-order chi connectivity index (χ0) is 17.4. The Morgan fingerprint density at radius 1 is 0.870 bits per heavy atom. The minimum absolute atomic E-state index is 0.403. The monoisotopic (exact) mass is 331 g/mol. The number of anilines is 1. The Balaban J connectivity index is 2.56. The average molecular weight is 331 g/mol. The molecule has 0 aliphatic heterocycles. The van der Waals surface area contributed by atoms with Crippen LogP contribution in [0, 0.1) is 34.6 Å². The van der Waals surface area contributed by atoms with Crippen molar-refractivity contribution >= 4 is 15.7 Å². The predicted molar refractivity (Wildman–Crippen MR) is 96.8 cm³/mol. The molecule has 0 unspecified atom stereocenters. The van der Waals surface area contributed by atoms with Crippen molar-refractivity contribution in [2.45, 2.75) is 52.9 Å². The molecule has 0 saturated carbocycles. The van der Waals surface area contributed by atoms with Crippen molar-refractivity contribution < 1.29 is 8.42 Å². The number of hydrogen-bond donors (Lipinski definition) is 1. The van der Waals surface area contributed by atoms with E-state index in [0.29, 0.717) is 10.6 Å². The second-order valence-corrected chi connectivity index (χ2v) is 7.73. The first-order valence-corrected chi connectivity index (χ1v) is 9.36. The van der Waals surface area contributed by atoms with Gasteiger partial charge in [-0.15, -0.1) is 0 Å². The molecule has 0 saturated heterocycles. The van der Waals surface area contributed by atoms with E-state index in [4.69, 9.17) is 0 Å². The lowest BCUT2D eigenvalue weighted by molar-refractivity contribution is 0.599. The van der Waals surface area contributed by atoms with E-state index in [1.54, 1.807) is 6.07 Å². The molecule has 124 valence electrons. The smallest absolute Gasteiger partial charge is 0.262 e. The molecule has 0 atom stereocenters. The summed E-state index contributed by atoms with van der Waals surface area (Å²) in [6.45, 7) is 11.8. The maximum atomic E-state index is 12.9. The van der Waals surface area contributed by atoms with Gasteiger partial charge in [-0.25, -0.2) is 8.42 Å². The van der Waals surface area contributed by atoms with Gasteiger partial charge in [-0.3, -0.25) is 4.72 Å². The average Bonchev–Trinajstić information content (AvgIpc) is 2.50. The molecule has 4 heteroatoms. The molecule has 0 amide bonds. The summed E-state index contributed by atoms with van der Waals surface area (Å²) in [4.78, 5) is 0.403. The van der Waals surface area contributed by atoms with Crippen molar-refractivity contribution in [3.8, 4) is 0 Å². The summed E-state index contributed by atoms with van der Waals surface area (Å²) in [5.41, 5.74) is 6.60. The van der Waals surface area contributed by atoms with Gasteiger partial charge in [0.25, 0.3) is 10.0 Å². The highest BCUT2D eigenvalue weighted by molar-refractivity contribution is 7.92. The molecule has 0 aromatic heterocycles. The van der Waals surface area contributed by atoms with Gasteiger partial charge in [0.2, 0.25) is 0 Å². The van der Waals surface area contributed by atoms with Crippen molar-refractivity contribution in [1.82, 2.24) is 0 Å². The van der Waals surface area contributed by atoms with Gasteiger partial charge < -0.3 is 0 Å². The quantitative estimate of drug-likeness (QED) is 0.890. The van der Waals surface area contributed by atoms with Crippen molar-refractivity contribution in [3.63, 3.8) is 0 Å². The number of rotatable bonds is 4. The zero-order valence-electron chi connectivity index (χ0n) is 14.7. The van der Waals surface area contributed by atoms with Crippen molar-refractivity contribution in [3.05, 3.63) is 57.6 Å². The van der Waals surface area contributed by atoms with E-state index >= 15 is 0 Å². The Hall–Kier alpha value is -1.81. The lowest BCUT2D eigenvalue weighted by Gasteiger charge is -2.19. The van der Waals surface area contributed by atoms with Crippen molar-refractivity contribution in [2.24, 2.45) is 0 Å². The number of benzene rings is 2. The van der Waals surface area contributed by atoms with Gasteiger partial charge in [0.15, 0.2) is 0 Å². The van der Waals surface area contributed by atoms with E-state index in [9.17, 15) is 8.42 Å². The third kappa shape index (κ3) is 3.27. The lowest BCUT2D eigenvalue weighted by atomic mass is 9.95. The minimum Gasteiger partial charge on any atom is -0.280 e. The molecule has 3 nitrogen and oxygen atoms in total.